The lowest BCUT2D eigenvalue weighted by atomic mass is 9.98. The summed E-state index contributed by atoms with van der Waals surface area (Å²) in [5.74, 6) is -1.65. The molecule has 0 radical (unpaired) electrons. The van der Waals surface area contributed by atoms with Crippen LogP contribution in [0.3, 0.4) is 0 Å². The number of likely N-dealkylation sites (N-methyl/N-ethyl adjacent to an activating group) is 1. The van der Waals surface area contributed by atoms with Gasteiger partial charge in [-0.1, -0.05) is 73.7 Å². The Balaban J connectivity index is 0.000000786. The third kappa shape index (κ3) is 11.1. The average Bonchev–Trinajstić information content (AvgIpc) is 2.68. The number of hydrogen-bond donors (Lipinski definition) is 4. The summed E-state index contributed by atoms with van der Waals surface area (Å²) in [5.41, 5.74) is 3.34. The van der Waals surface area contributed by atoms with Crippen LogP contribution in [0.15, 0.2) is 66.7 Å². The Morgan fingerprint density at radius 1 is 0.821 bits per heavy atom. The SMILES string of the molecule is CCNCC(=O)O.Cl.O=C(O)CNCC=C(c1ccccc1)c1ccccc1. The number of rotatable bonds is 9. The monoisotopic (exact) mass is 406 g/mol. The zero-order chi connectivity index (χ0) is 19.9. The van der Waals surface area contributed by atoms with Crippen LogP contribution in [0.25, 0.3) is 5.57 Å². The molecule has 0 saturated carbocycles. The van der Waals surface area contributed by atoms with Crippen LogP contribution in [0.2, 0.25) is 0 Å². The molecule has 4 N–H and O–H groups in total. The average molecular weight is 407 g/mol. The van der Waals surface area contributed by atoms with E-state index in [2.05, 4.69) is 34.9 Å². The Morgan fingerprint density at radius 2 is 1.25 bits per heavy atom. The molecular weight excluding hydrogens is 380 g/mol. The zero-order valence-corrected chi connectivity index (χ0v) is 16.6. The first kappa shape index (κ1) is 25.3. The normalized spacial score (nSPS) is 9.32. The number of hydrogen-bond acceptors (Lipinski definition) is 4. The van der Waals surface area contributed by atoms with Crippen LogP contribution in [0.1, 0.15) is 18.1 Å². The highest BCUT2D eigenvalue weighted by molar-refractivity contribution is 5.85. The quantitative estimate of drug-likeness (QED) is 0.478. The van der Waals surface area contributed by atoms with Crippen LogP contribution in [0.5, 0.6) is 0 Å². The van der Waals surface area contributed by atoms with Gasteiger partial charge >= 0.3 is 11.9 Å². The van der Waals surface area contributed by atoms with Crippen molar-refractivity contribution in [3.8, 4) is 0 Å². The van der Waals surface area contributed by atoms with Crippen LogP contribution in [-0.2, 0) is 9.59 Å². The summed E-state index contributed by atoms with van der Waals surface area (Å²) in [6.07, 6.45) is 2.02. The van der Waals surface area contributed by atoms with E-state index in [1.807, 2.05) is 49.4 Å². The fraction of sp³-hybridized carbons (Fsp3) is 0.238. The fourth-order valence-electron chi connectivity index (χ4n) is 2.22. The first-order valence-electron chi connectivity index (χ1n) is 8.70. The topological polar surface area (TPSA) is 98.7 Å². The van der Waals surface area contributed by atoms with Gasteiger partial charge < -0.3 is 20.8 Å². The summed E-state index contributed by atoms with van der Waals surface area (Å²) in [7, 11) is 0. The summed E-state index contributed by atoms with van der Waals surface area (Å²) in [4.78, 5) is 20.2. The van der Waals surface area contributed by atoms with E-state index in [4.69, 9.17) is 10.2 Å². The van der Waals surface area contributed by atoms with Gasteiger partial charge in [-0.05, 0) is 23.2 Å². The lowest BCUT2D eigenvalue weighted by Gasteiger charge is -2.09. The Labute approximate surface area is 171 Å². The molecule has 0 unspecified atom stereocenters. The van der Waals surface area contributed by atoms with Crippen molar-refractivity contribution in [3.63, 3.8) is 0 Å². The summed E-state index contributed by atoms with van der Waals surface area (Å²) >= 11 is 0. The highest BCUT2D eigenvalue weighted by Gasteiger charge is 2.03. The Morgan fingerprint density at radius 3 is 1.61 bits per heavy atom. The highest BCUT2D eigenvalue weighted by Crippen LogP contribution is 2.22. The number of halogens is 1. The second-order valence-corrected chi connectivity index (χ2v) is 5.55. The molecule has 2 aromatic carbocycles. The minimum absolute atomic E-state index is 0. The van der Waals surface area contributed by atoms with Crippen LogP contribution in [0, 0.1) is 0 Å². The molecule has 0 spiro atoms. The van der Waals surface area contributed by atoms with Gasteiger partial charge in [-0.25, -0.2) is 0 Å². The fourth-order valence-corrected chi connectivity index (χ4v) is 2.22. The summed E-state index contributed by atoms with van der Waals surface area (Å²) in [5, 5.41) is 22.1. The van der Waals surface area contributed by atoms with Gasteiger partial charge in [0.05, 0.1) is 13.1 Å². The molecule has 0 saturated heterocycles. The molecule has 0 atom stereocenters. The molecule has 0 bridgehead atoms. The molecule has 2 rings (SSSR count). The van der Waals surface area contributed by atoms with Crippen molar-refractivity contribution in [1.29, 1.82) is 0 Å². The molecule has 152 valence electrons. The zero-order valence-electron chi connectivity index (χ0n) is 15.8. The molecule has 0 fully saturated rings. The molecule has 0 aliphatic heterocycles. The van der Waals surface area contributed by atoms with Crippen molar-refractivity contribution in [2.24, 2.45) is 0 Å². The van der Waals surface area contributed by atoms with Gasteiger partial charge in [-0.3, -0.25) is 9.59 Å². The van der Waals surface area contributed by atoms with Gasteiger partial charge in [0.1, 0.15) is 0 Å². The third-order valence-electron chi connectivity index (χ3n) is 3.42. The molecule has 0 aliphatic carbocycles. The van der Waals surface area contributed by atoms with E-state index in [-0.39, 0.29) is 25.5 Å². The molecule has 0 aliphatic rings. The summed E-state index contributed by atoms with van der Waals surface area (Å²) in [6, 6.07) is 20.2. The van der Waals surface area contributed by atoms with Gasteiger partial charge in [-0.15, -0.1) is 12.4 Å². The van der Waals surface area contributed by atoms with Gasteiger partial charge in [0.2, 0.25) is 0 Å². The van der Waals surface area contributed by atoms with Crippen LogP contribution < -0.4 is 10.6 Å². The van der Waals surface area contributed by atoms with Crippen molar-refractivity contribution < 1.29 is 19.8 Å². The predicted octanol–water partition coefficient (Wildman–Crippen LogP) is 2.89. The van der Waals surface area contributed by atoms with E-state index in [1.54, 1.807) is 0 Å². The summed E-state index contributed by atoms with van der Waals surface area (Å²) in [6.45, 7) is 3.13. The Bertz CT molecular complexity index is 680. The lowest BCUT2D eigenvalue weighted by Crippen LogP contribution is -2.22. The van der Waals surface area contributed by atoms with Crippen molar-refractivity contribution >= 4 is 29.9 Å². The number of nitrogens with one attached hydrogen (secondary N) is 2. The molecular formula is C21H27ClN2O4. The van der Waals surface area contributed by atoms with Crippen molar-refractivity contribution in [1.82, 2.24) is 10.6 Å². The third-order valence-corrected chi connectivity index (χ3v) is 3.42. The molecule has 7 heteroatoms. The van der Waals surface area contributed by atoms with Gasteiger partial charge in [0.15, 0.2) is 0 Å². The molecule has 6 nitrogen and oxygen atoms in total. The van der Waals surface area contributed by atoms with E-state index < -0.39 is 11.9 Å². The van der Waals surface area contributed by atoms with E-state index in [0.717, 1.165) is 16.7 Å². The maximum absolute atomic E-state index is 10.5. The maximum atomic E-state index is 10.5. The second kappa shape index (κ2) is 15.4. The van der Waals surface area contributed by atoms with E-state index in [9.17, 15) is 9.59 Å². The lowest BCUT2D eigenvalue weighted by molar-refractivity contribution is -0.136. The van der Waals surface area contributed by atoms with E-state index >= 15 is 0 Å². The minimum Gasteiger partial charge on any atom is -0.480 e. The molecule has 2 aromatic rings. The largest absolute Gasteiger partial charge is 0.480 e. The second-order valence-electron chi connectivity index (χ2n) is 5.55. The first-order valence-corrected chi connectivity index (χ1v) is 8.70. The molecule has 0 aromatic heterocycles. The number of carboxylic acid groups (broad SMARTS) is 2. The van der Waals surface area contributed by atoms with Gasteiger partial charge in [0.25, 0.3) is 0 Å². The highest BCUT2D eigenvalue weighted by atomic mass is 35.5. The van der Waals surface area contributed by atoms with Crippen LogP contribution in [0.4, 0.5) is 0 Å². The minimum atomic E-state index is -0.848. The van der Waals surface area contributed by atoms with Gasteiger partial charge in [0, 0.05) is 6.54 Å². The Kier molecular flexibility index (Phi) is 13.9. The molecule has 0 amide bonds. The smallest absolute Gasteiger partial charge is 0.317 e. The van der Waals surface area contributed by atoms with E-state index in [1.165, 1.54) is 0 Å². The predicted molar refractivity (Wildman–Crippen MR) is 114 cm³/mol. The van der Waals surface area contributed by atoms with Crippen molar-refractivity contribution in [2.75, 3.05) is 26.2 Å². The first-order chi connectivity index (χ1) is 13.0. The van der Waals surface area contributed by atoms with E-state index in [0.29, 0.717) is 13.1 Å². The van der Waals surface area contributed by atoms with Gasteiger partial charge in [-0.2, -0.15) is 0 Å². The standard InChI is InChI=1S/C17H17NO2.C4H9NO2.ClH/c19-17(20)13-18-12-11-16(14-7-3-1-4-8-14)15-9-5-2-6-10-15;1-2-5-3-4(6)7;/h1-11,18H,12-13H2,(H,19,20);5H,2-3H2,1H3,(H,6,7);1H. The van der Waals surface area contributed by atoms with Crippen LogP contribution >= 0.6 is 12.4 Å². The number of aliphatic carboxylic acids is 2. The van der Waals surface area contributed by atoms with Crippen molar-refractivity contribution in [3.05, 3.63) is 77.9 Å². The van der Waals surface area contributed by atoms with Crippen molar-refractivity contribution in [2.45, 2.75) is 6.92 Å². The Hall–Kier alpha value is -2.67. The van der Waals surface area contributed by atoms with Crippen LogP contribution in [-0.4, -0.2) is 48.3 Å². The number of benzene rings is 2. The number of carbonyl (C=O) groups is 2. The maximum Gasteiger partial charge on any atom is 0.317 e. The molecule has 28 heavy (non-hydrogen) atoms. The number of carboxylic acids is 2. The molecule has 0 heterocycles. The summed E-state index contributed by atoms with van der Waals surface area (Å²) < 4.78 is 0.